The smallest absolute Gasteiger partial charge is 0.0705 e. The lowest BCUT2D eigenvalue weighted by molar-refractivity contribution is 0.430. The molecule has 0 aliphatic heterocycles. The normalized spacial score (nSPS) is 18.2. The summed E-state index contributed by atoms with van der Waals surface area (Å²) >= 11 is 0. The molecule has 0 amide bonds. The molecule has 2 N–H and O–H groups in total. The van der Waals surface area contributed by atoms with Gasteiger partial charge in [0.05, 0.1) is 6.04 Å². The summed E-state index contributed by atoms with van der Waals surface area (Å²) in [5.74, 6) is 7.20. The summed E-state index contributed by atoms with van der Waals surface area (Å²) < 4.78 is 0. The maximum atomic E-state index is 6.05. The fourth-order valence-corrected chi connectivity index (χ4v) is 2.39. The fourth-order valence-electron chi connectivity index (χ4n) is 2.39. The number of hydrogen-bond donors (Lipinski definition) is 1. The first kappa shape index (κ1) is 12.2. The van der Waals surface area contributed by atoms with Crippen molar-refractivity contribution in [3.8, 4) is 11.8 Å². The van der Waals surface area contributed by atoms with E-state index in [2.05, 4.69) is 36.1 Å². The van der Waals surface area contributed by atoms with Gasteiger partial charge in [0.1, 0.15) is 0 Å². The van der Waals surface area contributed by atoms with Crippen LogP contribution in [0.15, 0.2) is 30.3 Å². The van der Waals surface area contributed by atoms with E-state index in [-0.39, 0.29) is 6.04 Å². The quantitative estimate of drug-likeness (QED) is 0.772. The molecule has 1 atom stereocenters. The number of benzene rings is 1. The van der Waals surface area contributed by atoms with Gasteiger partial charge in [0.2, 0.25) is 0 Å². The van der Waals surface area contributed by atoms with Gasteiger partial charge in [-0.2, -0.15) is 0 Å². The molecule has 0 radical (unpaired) electrons. The molecule has 17 heavy (non-hydrogen) atoms. The second kappa shape index (κ2) is 6.47. The molecule has 0 bridgehead atoms. The van der Waals surface area contributed by atoms with Crippen LogP contribution < -0.4 is 5.73 Å². The molecule has 1 heteroatoms. The maximum Gasteiger partial charge on any atom is 0.0705 e. The molecule has 0 saturated heterocycles. The SMILES string of the molecule is NC(C#CC1CCCCC1)Cc1ccccc1. The highest BCUT2D eigenvalue weighted by molar-refractivity contribution is 5.20. The predicted molar refractivity (Wildman–Crippen MR) is 72.5 cm³/mol. The topological polar surface area (TPSA) is 26.0 Å². The van der Waals surface area contributed by atoms with Crippen molar-refractivity contribution in [1.29, 1.82) is 0 Å². The van der Waals surface area contributed by atoms with Crippen molar-refractivity contribution in [1.82, 2.24) is 0 Å². The largest absolute Gasteiger partial charge is 0.317 e. The molecular formula is C16H21N. The van der Waals surface area contributed by atoms with E-state index in [1.54, 1.807) is 0 Å². The van der Waals surface area contributed by atoms with Crippen LogP contribution in [-0.4, -0.2) is 6.04 Å². The molecule has 90 valence electrons. The van der Waals surface area contributed by atoms with E-state index in [4.69, 9.17) is 5.73 Å². The molecule has 0 aromatic heterocycles. The lowest BCUT2D eigenvalue weighted by Gasteiger charge is -2.16. The van der Waals surface area contributed by atoms with Crippen molar-refractivity contribution < 1.29 is 0 Å². The average molecular weight is 227 g/mol. The molecule has 2 rings (SSSR count). The van der Waals surface area contributed by atoms with Crippen molar-refractivity contribution in [3.05, 3.63) is 35.9 Å². The van der Waals surface area contributed by atoms with Crippen molar-refractivity contribution in [3.63, 3.8) is 0 Å². The highest BCUT2D eigenvalue weighted by Gasteiger charge is 2.10. The second-order valence-corrected chi connectivity index (χ2v) is 4.92. The van der Waals surface area contributed by atoms with Crippen LogP contribution >= 0.6 is 0 Å². The molecular weight excluding hydrogens is 206 g/mol. The predicted octanol–water partition coefficient (Wildman–Crippen LogP) is 3.14. The third kappa shape index (κ3) is 4.24. The first-order valence-corrected chi connectivity index (χ1v) is 6.65. The standard InChI is InChI=1S/C16H21N/c17-16(13-15-9-5-2-6-10-15)12-11-14-7-3-1-4-8-14/h2,5-6,9-10,14,16H,1,3-4,7-8,13,17H2. The summed E-state index contributed by atoms with van der Waals surface area (Å²) in [6.07, 6.45) is 7.46. The molecule has 1 aliphatic rings. The van der Waals surface area contributed by atoms with E-state index in [1.165, 1.54) is 37.7 Å². The van der Waals surface area contributed by atoms with E-state index in [0.29, 0.717) is 5.92 Å². The third-order valence-corrected chi connectivity index (χ3v) is 3.38. The lowest BCUT2D eigenvalue weighted by Crippen LogP contribution is -2.21. The van der Waals surface area contributed by atoms with Gasteiger partial charge in [-0.05, 0) is 24.8 Å². The van der Waals surface area contributed by atoms with Gasteiger partial charge in [0.25, 0.3) is 0 Å². The minimum atomic E-state index is -0.0145. The molecule has 1 aromatic carbocycles. The van der Waals surface area contributed by atoms with Gasteiger partial charge in [0, 0.05) is 5.92 Å². The van der Waals surface area contributed by atoms with Gasteiger partial charge in [-0.1, -0.05) is 61.4 Å². The Balaban J connectivity index is 1.84. The van der Waals surface area contributed by atoms with Gasteiger partial charge >= 0.3 is 0 Å². The van der Waals surface area contributed by atoms with Crippen LogP contribution in [0.1, 0.15) is 37.7 Å². The van der Waals surface area contributed by atoms with Crippen LogP contribution in [0, 0.1) is 17.8 Å². The molecule has 1 unspecified atom stereocenters. The van der Waals surface area contributed by atoms with Gasteiger partial charge in [-0.15, -0.1) is 0 Å². The van der Waals surface area contributed by atoms with Crippen LogP contribution in [0.25, 0.3) is 0 Å². The van der Waals surface area contributed by atoms with E-state index < -0.39 is 0 Å². The summed E-state index contributed by atoms with van der Waals surface area (Å²) in [6, 6.07) is 10.3. The highest BCUT2D eigenvalue weighted by Crippen LogP contribution is 2.22. The zero-order valence-electron chi connectivity index (χ0n) is 10.4. The first-order valence-electron chi connectivity index (χ1n) is 6.65. The third-order valence-electron chi connectivity index (χ3n) is 3.38. The Morgan fingerprint density at radius 1 is 1.12 bits per heavy atom. The molecule has 1 aliphatic carbocycles. The molecule has 1 nitrogen and oxygen atoms in total. The number of hydrogen-bond acceptors (Lipinski definition) is 1. The van der Waals surface area contributed by atoms with Crippen LogP contribution in [0.3, 0.4) is 0 Å². The first-order chi connectivity index (χ1) is 8.34. The fraction of sp³-hybridized carbons (Fsp3) is 0.500. The van der Waals surface area contributed by atoms with Crippen LogP contribution in [-0.2, 0) is 6.42 Å². The van der Waals surface area contributed by atoms with Gasteiger partial charge in [-0.3, -0.25) is 0 Å². The van der Waals surface area contributed by atoms with Gasteiger partial charge in [0.15, 0.2) is 0 Å². The molecule has 1 fully saturated rings. The molecule has 0 heterocycles. The van der Waals surface area contributed by atoms with E-state index in [0.717, 1.165) is 6.42 Å². The van der Waals surface area contributed by atoms with Crippen molar-refractivity contribution in [2.45, 2.75) is 44.6 Å². The van der Waals surface area contributed by atoms with Crippen LogP contribution in [0.2, 0.25) is 0 Å². The van der Waals surface area contributed by atoms with Crippen molar-refractivity contribution in [2.75, 3.05) is 0 Å². The summed E-state index contributed by atoms with van der Waals surface area (Å²) in [5.41, 5.74) is 7.33. The maximum absolute atomic E-state index is 6.05. The summed E-state index contributed by atoms with van der Waals surface area (Å²) in [4.78, 5) is 0. The monoisotopic (exact) mass is 227 g/mol. The zero-order chi connectivity index (χ0) is 11.9. The van der Waals surface area contributed by atoms with E-state index in [1.807, 2.05) is 6.07 Å². The number of rotatable bonds is 2. The number of nitrogens with two attached hydrogens (primary N) is 1. The van der Waals surface area contributed by atoms with Crippen LogP contribution in [0.4, 0.5) is 0 Å². The Labute approximate surface area is 104 Å². The van der Waals surface area contributed by atoms with Gasteiger partial charge in [-0.25, -0.2) is 0 Å². The molecule has 0 spiro atoms. The summed E-state index contributed by atoms with van der Waals surface area (Å²) in [5, 5.41) is 0. The molecule has 1 aromatic rings. The van der Waals surface area contributed by atoms with Crippen molar-refractivity contribution in [2.24, 2.45) is 11.7 Å². The average Bonchev–Trinajstić information content (AvgIpc) is 2.39. The van der Waals surface area contributed by atoms with Crippen molar-refractivity contribution >= 4 is 0 Å². The Morgan fingerprint density at radius 3 is 2.53 bits per heavy atom. The Kier molecular flexibility index (Phi) is 4.64. The van der Waals surface area contributed by atoms with Gasteiger partial charge < -0.3 is 5.73 Å². The summed E-state index contributed by atoms with van der Waals surface area (Å²) in [6.45, 7) is 0. The lowest BCUT2D eigenvalue weighted by atomic mass is 9.89. The Morgan fingerprint density at radius 2 is 1.82 bits per heavy atom. The Bertz CT molecular complexity index is 379. The second-order valence-electron chi connectivity index (χ2n) is 4.92. The Hall–Kier alpha value is -1.26. The minimum Gasteiger partial charge on any atom is -0.317 e. The minimum absolute atomic E-state index is 0.0145. The summed E-state index contributed by atoms with van der Waals surface area (Å²) in [7, 11) is 0. The molecule has 1 saturated carbocycles. The van der Waals surface area contributed by atoms with E-state index in [9.17, 15) is 0 Å². The zero-order valence-corrected chi connectivity index (χ0v) is 10.4. The van der Waals surface area contributed by atoms with E-state index >= 15 is 0 Å². The van der Waals surface area contributed by atoms with Crippen LogP contribution in [0.5, 0.6) is 0 Å². The highest BCUT2D eigenvalue weighted by atomic mass is 14.6.